The maximum atomic E-state index is 5.67. The first-order chi connectivity index (χ1) is 7.77. The summed E-state index contributed by atoms with van der Waals surface area (Å²) in [7, 11) is 0. The van der Waals surface area contributed by atoms with E-state index in [9.17, 15) is 0 Å². The Bertz CT molecular complexity index is 372. The summed E-state index contributed by atoms with van der Waals surface area (Å²) < 4.78 is 0. The van der Waals surface area contributed by atoms with Gasteiger partial charge >= 0.3 is 0 Å². The van der Waals surface area contributed by atoms with Crippen LogP contribution in [0.3, 0.4) is 0 Å². The molecule has 0 radical (unpaired) electrons. The molecule has 1 aromatic rings. The van der Waals surface area contributed by atoms with E-state index >= 15 is 0 Å². The van der Waals surface area contributed by atoms with Gasteiger partial charge < -0.3 is 11.1 Å². The first-order valence-electron chi connectivity index (χ1n) is 5.90. The minimum absolute atomic E-state index is 0.463. The van der Waals surface area contributed by atoms with E-state index in [1.807, 2.05) is 24.3 Å². The highest BCUT2D eigenvalue weighted by Gasteiger charge is 2.19. The lowest BCUT2D eigenvalue weighted by molar-refractivity contribution is 0.687. The Labute approximate surface area is 102 Å². The van der Waals surface area contributed by atoms with Crippen LogP contribution in [0.1, 0.15) is 31.2 Å². The molecule has 0 unspecified atom stereocenters. The van der Waals surface area contributed by atoms with Crippen molar-refractivity contribution in [2.24, 2.45) is 11.7 Å². The minimum atomic E-state index is 0.463. The van der Waals surface area contributed by atoms with Crippen LogP contribution in [0.4, 0.5) is 5.69 Å². The van der Waals surface area contributed by atoms with E-state index in [4.69, 9.17) is 18.0 Å². The number of anilines is 1. The number of benzene rings is 1. The quantitative estimate of drug-likeness (QED) is 0.587. The normalized spacial score (nSPS) is 14.8. The molecule has 2 rings (SSSR count). The van der Waals surface area contributed by atoms with Crippen molar-refractivity contribution in [2.45, 2.75) is 25.7 Å². The first-order valence-corrected chi connectivity index (χ1v) is 6.31. The Morgan fingerprint density at radius 1 is 1.38 bits per heavy atom. The third-order valence-corrected chi connectivity index (χ3v) is 3.21. The third kappa shape index (κ3) is 3.20. The molecule has 1 saturated carbocycles. The second-order valence-corrected chi connectivity index (χ2v) is 4.86. The summed E-state index contributed by atoms with van der Waals surface area (Å²) in [6.07, 6.45) is 5.45. The van der Waals surface area contributed by atoms with Gasteiger partial charge in [-0.2, -0.15) is 0 Å². The summed E-state index contributed by atoms with van der Waals surface area (Å²) in [6, 6.07) is 7.96. The zero-order valence-corrected chi connectivity index (χ0v) is 10.2. The Balaban J connectivity index is 1.84. The van der Waals surface area contributed by atoms with Crippen LogP contribution < -0.4 is 11.1 Å². The summed E-state index contributed by atoms with van der Waals surface area (Å²) >= 11 is 5.02. The van der Waals surface area contributed by atoms with Crippen molar-refractivity contribution in [1.29, 1.82) is 0 Å². The molecule has 0 atom stereocenters. The van der Waals surface area contributed by atoms with E-state index in [2.05, 4.69) is 5.32 Å². The van der Waals surface area contributed by atoms with Crippen molar-refractivity contribution in [3.05, 3.63) is 29.8 Å². The van der Waals surface area contributed by atoms with Gasteiger partial charge in [-0.25, -0.2) is 0 Å². The van der Waals surface area contributed by atoms with E-state index in [0.29, 0.717) is 4.99 Å². The monoisotopic (exact) mass is 234 g/mol. The van der Waals surface area contributed by atoms with Gasteiger partial charge in [-0.15, -0.1) is 0 Å². The van der Waals surface area contributed by atoms with E-state index in [1.165, 1.54) is 25.7 Å². The summed E-state index contributed by atoms with van der Waals surface area (Å²) in [5.41, 5.74) is 7.68. The van der Waals surface area contributed by atoms with Gasteiger partial charge in [0.25, 0.3) is 0 Å². The van der Waals surface area contributed by atoms with Crippen LogP contribution in [-0.4, -0.2) is 11.5 Å². The van der Waals surface area contributed by atoms with E-state index in [1.54, 1.807) is 0 Å². The fourth-order valence-corrected chi connectivity index (χ4v) is 2.05. The number of rotatable bonds is 6. The van der Waals surface area contributed by atoms with Gasteiger partial charge in [-0.3, -0.25) is 0 Å². The van der Waals surface area contributed by atoms with Crippen LogP contribution in [0.2, 0.25) is 0 Å². The van der Waals surface area contributed by atoms with E-state index in [-0.39, 0.29) is 0 Å². The second-order valence-electron chi connectivity index (χ2n) is 4.42. The average molecular weight is 234 g/mol. The average Bonchev–Trinajstić information content (AvgIpc) is 3.08. The van der Waals surface area contributed by atoms with Gasteiger partial charge in [0.1, 0.15) is 4.99 Å². The van der Waals surface area contributed by atoms with Crippen LogP contribution in [0.25, 0.3) is 0 Å². The predicted molar refractivity (Wildman–Crippen MR) is 72.8 cm³/mol. The largest absolute Gasteiger partial charge is 0.389 e. The summed E-state index contributed by atoms with van der Waals surface area (Å²) in [5.74, 6) is 1.01. The summed E-state index contributed by atoms with van der Waals surface area (Å²) in [4.78, 5) is 0.463. The van der Waals surface area contributed by atoms with Crippen LogP contribution in [0.5, 0.6) is 0 Å². The Morgan fingerprint density at radius 2 is 2.12 bits per heavy atom. The maximum Gasteiger partial charge on any atom is 0.106 e. The fraction of sp³-hybridized carbons (Fsp3) is 0.462. The summed E-state index contributed by atoms with van der Waals surface area (Å²) in [5, 5.41) is 3.41. The molecule has 3 heteroatoms. The predicted octanol–water partition coefficient (Wildman–Crippen LogP) is 2.92. The highest BCUT2D eigenvalue weighted by molar-refractivity contribution is 7.80. The first kappa shape index (κ1) is 11.4. The molecule has 0 aromatic heterocycles. The van der Waals surface area contributed by atoms with Gasteiger partial charge in [0, 0.05) is 17.8 Å². The SMILES string of the molecule is NC(=S)c1ccccc1NCCCC1CC1. The van der Waals surface area contributed by atoms with Gasteiger partial charge in [0.15, 0.2) is 0 Å². The number of hydrogen-bond acceptors (Lipinski definition) is 2. The standard InChI is InChI=1S/C13H18N2S/c14-13(16)11-5-1-2-6-12(11)15-9-3-4-10-7-8-10/h1-2,5-6,10,15H,3-4,7-9H2,(H2,14,16). The fourth-order valence-electron chi connectivity index (χ4n) is 1.87. The number of hydrogen-bond donors (Lipinski definition) is 2. The Morgan fingerprint density at radius 3 is 2.81 bits per heavy atom. The lowest BCUT2D eigenvalue weighted by Crippen LogP contribution is -2.13. The van der Waals surface area contributed by atoms with Crippen molar-refractivity contribution in [3.8, 4) is 0 Å². The highest BCUT2D eigenvalue weighted by Crippen LogP contribution is 2.33. The molecule has 3 N–H and O–H groups in total. The van der Waals surface area contributed by atoms with E-state index in [0.717, 1.165) is 23.7 Å². The van der Waals surface area contributed by atoms with Gasteiger partial charge in [0.2, 0.25) is 0 Å². The van der Waals surface area contributed by atoms with Crippen molar-refractivity contribution < 1.29 is 0 Å². The molecular weight excluding hydrogens is 216 g/mol. The summed E-state index contributed by atoms with van der Waals surface area (Å²) in [6.45, 7) is 1.01. The molecule has 0 aliphatic heterocycles. The lowest BCUT2D eigenvalue weighted by atomic mass is 10.1. The van der Waals surface area contributed by atoms with Crippen LogP contribution in [0.15, 0.2) is 24.3 Å². The Kier molecular flexibility index (Phi) is 3.78. The van der Waals surface area contributed by atoms with Crippen molar-refractivity contribution in [3.63, 3.8) is 0 Å². The molecule has 0 bridgehead atoms. The molecule has 0 spiro atoms. The van der Waals surface area contributed by atoms with Gasteiger partial charge in [-0.05, 0) is 30.9 Å². The molecule has 0 saturated heterocycles. The number of nitrogens with two attached hydrogens (primary N) is 1. The van der Waals surface area contributed by atoms with Crippen molar-refractivity contribution >= 4 is 22.9 Å². The molecule has 1 aromatic carbocycles. The van der Waals surface area contributed by atoms with Crippen LogP contribution >= 0.6 is 12.2 Å². The lowest BCUT2D eigenvalue weighted by Gasteiger charge is -2.10. The second kappa shape index (κ2) is 5.30. The van der Waals surface area contributed by atoms with Crippen LogP contribution in [-0.2, 0) is 0 Å². The van der Waals surface area contributed by atoms with Gasteiger partial charge in [0.05, 0.1) is 0 Å². The molecule has 1 aliphatic carbocycles. The number of nitrogens with one attached hydrogen (secondary N) is 1. The van der Waals surface area contributed by atoms with Crippen LogP contribution in [0, 0.1) is 5.92 Å². The molecular formula is C13H18N2S. The van der Waals surface area contributed by atoms with Crippen molar-refractivity contribution in [2.75, 3.05) is 11.9 Å². The molecule has 86 valence electrons. The topological polar surface area (TPSA) is 38.0 Å². The molecule has 16 heavy (non-hydrogen) atoms. The zero-order valence-electron chi connectivity index (χ0n) is 9.41. The molecule has 1 fully saturated rings. The molecule has 1 aliphatic rings. The third-order valence-electron chi connectivity index (χ3n) is 2.99. The highest BCUT2D eigenvalue weighted by atomic mass is 32.1. The minimum Gasteiger partial charge on any atom is -0.389 e. The molecule has 0 amide bonds. The molecule has 0 heterocycles. The molecule has 2 nitrogen and oxygen atoms in total. The zero-order chi connectivity index (χ0) is 11.4. The maximum absolute atomic E-state index is 5.67. The van der Waals surface area contributed by atoms with Crippen molar-refractivity contribution in [1.82, 2.24) is 0 Å². The Hall–Kier alpha value is -1.09. The van der Waals surface area contributed by atoms with E-state index < -0.39 is 0 Å². The van der Waals surface area contributed by atoms with Gasteiger partial charge in [-0.1, -0.05) is 37.2 Å². The number of thiocarbonyl (C=S) groups is 1. The smallest absolute Gasteiger partial charge is 0.106 e. The number of para-hydroxylation sites is 1.